The summed E-state index contributed by atoms with van der Waals surface area (Å²) in [7, 11) is 0. The third-order valence-corrected chi connectivity index (χ3v) is 5.19. The van der Waals surface area contributed by atoms with Gasteiger partial charge in [-0.05, 0) is 60.6 Å². The number of halogens is 1. The fraction of sp³-hybridized carbons (Fsp3) is 0.615. The van der Waals surface area contributed by atoms with Crippen molar-refractivity contribution in [2.75, 3.05) is 0 Å². The van der Waals surface area contributed by atoms with Crippen molar-refractivity contribution in [3.8, 4) is 0 Å². The lowest BCUT2D eigenvalue weighted by Crippen LogP contribution is -2.29. The Kier molecular flexibility index (Phi) is 1.93. The number of hydrogen-bond acceptors (Lipinski definition) is 2. The molecular weight excluding hydrogens is 238 g/mol. The van der Waals surface area contributed by atoms with Crippen LogP contribution in [0, 0.1) is 23.7 Å². The summed E-state index contributed by atoms with van der Waals surface area (Å²) in [6.07, 6.45) is 5.58. The van der Waals surface area contributed by atoms with Crippen molar-refractivity contribution in [1.82, 2.24) is 5.32 Å². The zero-order chi connectivity index (χ0) is 11.6. The fourth-order valence-corrected chi connectivity index (χ4v) is 4.40. The van der Waals surface area contributed by atoms with Gasteiger partial charge in [-0.25, -0.2) is 0 Å². The van der Waals surface area contributed by atoms with Gasteiger partial charge in [0.2, 0.25) is 5.22 Å². The Labute approximate surface area is 105 Å². The highest BCUT2D eigenvalue weighted by molar-refractivity contribution is 6.32. The summed E-state index contributed by atoms with van der Waals surface area (Å²) < 4.78 is 4.94. The van der Waals surface area contributed by atoms with E-state index in [0.29, 0.717) is 11.6 Å². The second kappa shape index (κ2) is 3.29. The van der Waals surface area contributed by atoms with Crippen LogP contribution in [0.4, 0.5) is 0 Å². The van der Waals surface area contributed by atoms with Gasteiger partial charge in [0, 0.05) is 6.04 Å². The van der Waals surface area contributed by atoms with Crippen molar-refractivity contribution in [3.63, 3.8) is 0 Å². The van der Waals surface area contributed by atoms with E-state index in [-0.39, 0.29) is 11.1 Å². The van der Waals surface area contributed by atoms with Crippen LogP contribution >= 0.6 is 11.6 Å². The number of nitrogens with one attached hydrogen (secondary N) is 1. The SMILES string of the molecule is O=C(NC1C2C3CCC(C3)C12)c1ccoc1Cl. The lowest BCUT2D eigenvalue weighted by atomic mass is 10.0. The van der Waals surface area contributed by atoms with Crippen LogP contribution in [0.15, 0.2) is 16.7 Å². The fourth-order valence-electron chi connectivity index (χ4n) is 4.20. The first-order valence-electron chi connectivity index (χ1n) is 6.29. The van der Waals surface area contributed by atoms with Gasteiger partial charge in [-0.15, -0.1) is 0 Å². The van der Waals surface area contributed by atoms with Gasteiger partial charge < -0.3 is 9.73 Å². The topological polar surface area (TPSA) is 42.2 Å². The first-order chi connectivity index (χ1) is 8.25. The molecule has 90 valence electrons. The molecule has 3 fully saturated rings. The van der Waals surface area contributed by atoms with Crippen LogP contribution in [-0.2, 0) is 0 Å². The van der Waals surface area contributed by atoms with Gasteiger partial charge in [0.15, 0.2) is 0 Å². The number of furan rings is 1. The summed E-state index contributed by atoms with van der Waals surface area (Å²) in [5.74, 6) is 3.17. The van der Waals surface area contributed by atoms with Crippen molar-refractivity contribution in [2.45, 2.75) is 25.3 Å². The molecule has 1 aromatic heterocycles. The molecule has 0 radical (unpaired) electrons. The monoisotopic (exact) mass is 251 g/mol. The zero-order valence-corrected chi connectivity index (χ0v) is 10.1. The summed E-state index contributed by atoms with van der Waals surface area (Å²) in [5, 5.41) is 3.31. The maximum atomic E-state index is 12.0. The van der Waals surface area contributed by atoms with Gasteiger partial charge in [0.1, 0.15) is 0 Å². The molecule has 4 unspecified atom stereocenters. The van der Waals surface area contributed by atoms with Crippen LogP contribution in [0.3, 0.4) is 0 Å². The average Bonchev–Trinajstić information content (AvgIpc) is 2.76. The Bertz CT molecular complexity index is 468. The lowest BCUT2D eigenvalue weighted by Gasteiger charge is -2.09. The summed E-state index contributed by atoms with van der Waals surface area (Å²) >= 11 is 5.80. The molecular formula is C13H14ClNO2. The normalized spacial score (nSPS) is 41.4. The van der Waals surface area contributed by atoms with Gasteiger partial charge in [-0.3, -0.25) is 4.79 Å². The minimum Gasteiger partial charge on any atom is -0.452 e. The van der Waals surface area contributed by atoms with Crippen molar-refractivity contribution >= 4 is 17.5 Å². The molecule has 1 aromatic rings. The van der Waals surface area contributed by atoms with Crippen molar-refractivity contribution in [1.29, 1.82) is 0 Å². The second-order valence-electron chi connectivity index (χ2n) is 5.60. The molecule has 2 bridgehead atoms. The molecule has 1 amide bonds. The maximum absolute atomic E-state index is 12.0. The van der Waals surface area contributed by atoms with Crippen molar-refractivity contribution < 1.29 is 9.21 Å². The van der Waals surface area contributed by atoms with E-state index in [0.717, 1.165) is 23.7 Å². The Balaban J connectivity index is 1.47. The average molecular weight is 252 g/mol. The highest BCUT2D eigenvalue weighted by atomic mass is 35.5. The van der Waals surface area contributed by atoms with Gasteiger partial charge in [0.25, 0.3) is 5.91 Å². The Morgan fingerprint density at radius 1 is 1.35 bits per heavy atom. The smallest absolute Gasteiger partial charge is 0.256 e. The lowest BCUT2D eigenvalue weighted by molar-refractivity contribution is 0.0944. The predicted octanol–water partition coefficient (Wildman–Crippen LogP) is 2.71. The highest BCUT2D eigenvalue weighted by Crippen LogP contribution is 2.65. The number of amides is 1. The summed E-state index contributed by atoms with van der Waals surface area (Å²) in [4.78, 5) is 12.0. The van der Waals surface area contributed by atoms with Crippen LogP contribution in [0.1, 0.15) is 29.6 Å². The Hall–Kier alpha value is -0.960. The molecule has 0 saturated heterocycles. The minimum atomic E-state index is -0.0810. The van der Waals surface area contributed by atoms with Crippen LogP contribution < -0.4 is 5.32 Å². The standard InChI is InChI=1S/C13H14ClNO2/c14-12-8(3-4-17-12)13(16)15-11-9-6-1-2-7(5-6)10(9)11/h3-4,6-7,9-11H,1-2,5H2,(H,15,16). The molecule has 3 nitrogen and oxygen atoms in total. The third kappa shape index (κ3) is 1.32. The van der Waals surface area contributed by atoms with Crippen molar-refractivity contribution in [2.24, 2.45) is 23.7 Å². The van der Waals surface area contributed by atoms with Crippen LogP contribution in [0.2, 0.25) is 5.22 Å². The van der Waals surface area contributed by atoms with Crippen LogP contribution in [0.25, 0.3) is 0 Å². The number of fused-ring (bicyclic) bond motifs is 5. The van der Waals surface area contributed by atoms with Gasteiger partial charge in [-0.2, -0.15) is 0 Å². The van der Waals surface area contributed by atoms with Crippen molar-refractivity contribution in [3.05, 3.63) is 23.1 Å². The molecule has 4 heteroatoms. The van der Waals surface area contributed by atoms with E-state index in [1.165, 1.54) is 25.5 Å². The third-order valence-electron chi connectivity index (χ3n) is 4.90. The molecule has 1 N–H and O–H groups in total. The predicted molar refractivity (Wildman–Crippen MR) is 62.8 cm³/mol. The summed E-state index contributed by atoms with van der Waals surface area (Å²) in [5.41, 5.74) is 0.462. The van der Waals surface area contributed by atoms with E-state index in [9.17, 15) is 4.79 Å². The molecule has 0 aliphatic heterocycles. The van der Waals surface area contributed by atoms with Crippen LogP contribution in [0.5, 0.6) is 0 Å². The summed E-state index contributed by atoms with van der Waals surface area (Å²) in [6.45, 7) is 0. The van der Waals surface area contributed by atoms with Gasteiger partial charge in [0.05, 0.1) is 11.8 Å². The highest BCUT2D eigenvalue weighted by Gasteiger charge is 2.65. The molecule has 3 aliphatic rings. The van der Waals surface area contributed by atoms with Gasteiger partial charge >= 0.3 is 0 Å². The minimum absolute atomic E-state index is 0.0810. The summed E-state index contributed by atoms with van der Waals surface area (Å²) in [6, 6.07) is 2.03. The molecule has 4 rings (SSSR count). The molecule has 0 aromatic carbocycles. The molecule has 3 aliphatic carbocycles. The molecule has 0 spiro atoms. The largest absolute Gasteiger partial charge is 0.452 e. The molecule has 4 atom stereocenters. The molecule has 1 heterocycles. The quantitative estimate of drug-likeness (QED) is 0.878. The number of rotatable bonds is 2. The molecule has 3 saturated carbocycles. The Morgan fingerprint density at radius 2 is 2.06 bits per heavy atom. The first-order valence-corrected chi connectivity index (χ1v) is 6.67. The second-order valence-corrected chi connectivity index (χ2v) is 5.94. The number of carbonyl (C=O) groups excluding carboxylic acids is 1. The van der Waals surface area contributed by atoms with E-state index >= 15 is 0 Å². The molecule has 17 heavy (non-hydrogen) atoms. The van der Waals surface area contributed by atoms with E-state index in [1.54, 1.807) is 6.07 Å². The first kappa shape index (κ1) is 10.0. The van der Waals surface area contributed by atoms with Gasteiger partial charge in [-0.1, -0.05) is 0 Å². The van der Waals surface area contributed by atoms with E-state index < -0.39 is 0 Å². The zero-order valence-electron chi connectivity index (χ0n) is 9.36. The van der Waals surface area contributed by atoms with Crippen LogP contribution in [-0.4, -0.2) is 11.9 Å². The number of carbonyl (C=O) groups is 1. The Morgan fingerprint density at radius 3 is 2.65 bits per heavy atom. The maximum Gasteiger partial charge on any atom is 0.256 e. The van der Waals surface area contributed by atoms with E-state index in [2.05, 4.69) is 5.32 Å². The van der Waals surface area contributed by atoms with E-state index in [1.807, 2.05) is 0 Å². The van der Waals surface area contributed by atoms with E-state index in [4.69, 9.17) is 16.0 Å². The number of hydrogen-bond donors (Lipinski definition) is 1.